The Bertz CT molecular complexity index is 1480. The van der Waals surface area contributed by atoms with Gasteiger partial charge >= 0.3 is 0 Å². The van der Waals surface area contributed by atoms with Gasteiger partial charge < -0.3 is 20.5 Å². The van der Waals surface area contributed by atoms with Crippen LogP contribution in [0.25, 0.3) is 11.0 Å². The van der Waals surface area contributed by atoms with Crippen LogP contribution in [0.3, 0.4) is 0 Å². The first-order valence-corrected chi connectivity index (χ1v) is 14.8. The normalized spacial score (nSPS) is 24.0. The van der Waals surface area contributed by atoms with E-state index in [1.54, 1.807) is 4.90 Å². The minimum Gasteiger partial charge on any atom is -0.345 e. The molecule has 2 aliphatic carbocycles. The standard InChI is InChI=1S/C32H35N5O5/c38-26-15-7-10-20(26)16-25(28(39)31(41)33-17-19-8-2-1-3-9-19)36-30(40)27-22-12-6-11-21(22)18-37(27)32(42)29-34-23-13-4-5-14-24(23)35-29/h1-5,8-9,13-14,20-22,25,27H,6-7,10-12,15-18H2,(H,33,41)(H,34,35)(H,36,40)/t20-,21-,22-,25-,27-/m0/s1. The fourth-order valence-electron chi connectivity index (χ4n) is 6.97. The molecule has 0 bridgehead atoms. The number of carbonyl (C=O) groups excluding carboxylic acids is 5. The van der Waals surface area contributed by atoms with Crippen molar-refractivity contribution in [1.29, 1.82) is 0 Å². The Balaban J connectivity index is 1.22. The number of rotatable bonds is 9. The number of hydrogen-bond acceptors (Lipinski definition) is 6. The number of para-hydroxylation sites is 2. The van der Waals surface area contributed by atoms with Crippen LogP contribution in [-0.2, 0) is 25.7 Å². The Hall–Kier alpha value is -4.34. The molecule has 2 saturated carbocycles. The van der Waals surface area contributed by atoms with Gasteiger partial charge in [0.05, 0.1) is 17.1 Å². The third kappa shape index (κ3) is 5.57. The van der Waals surface area contributed by atoms with Crippen molar-refractivity contribution >= 4 is 40.3 Å². The number of nitrogens with zero attached hydrogens (tertiary/aromatic N) is 2. The summed E-state index contributed by atoms with van der Waals surface area (Å²) in [6.07, 6.45) is 4.53. The summed E-state index contributed by atoms with van der Waals surface area (Å²) in [5.74, 6) is -2.47. The fraction of sp³-hybridized carbons (Fsp3) is 0.438. The summed E-state index contributed by atoms with van der Waals surface area (Å²) >= 11 is 0. The summed E-state index contributed by atoms with van der Waals surface area (Å²) in [5.41, 5.74) is 2.23. The molecule has 1 saturated heterocycles. The average Bonchev–Trinajstić information content (AvgIpc) is 3.79. The number of likely N-dealkylation sites (tertiary alicyclic amines) is 1. The number of amides is 3. The summed E-state index contributed by atoms with van der Waals surface area (Å²) in [7, 11) is 0. The molecule has 0 radical (unpaired) electrons. The maximum atomic E-state index is 14.0. The van der Waals surface area contributed by atoms with Crippen LogP contribution < -0.4 is 10.6 Å². The van der Waals surface area contributed by atoms with E-state index in [0.29, 0.717) is 24.9 Å². The van der Waals surface area contributed by atoms with Crippen LogP contribution in [-0.4, -0.2) is 62.8 Å². The van der Waals surface area contributed by atoms with Crippen molar-refractivity contribution in [2.24, 2.45) is 17.8 Å². The molecule has 3 aromatic rings. The Kier molecular flexibility index (Phi) is 7.86. The van der Waals surface area contributed by atoms with E-state index < -0.39 is 35.6 Å². The summed E-state index contributed by atoms with van der Waals surface area (Å²) in [6.45, 7) is 0.594. The molecule has 3 amide bonds. The van der Waals surface area contributed by atoms with E-state index in [2.05, 4.69) is 20.6 Å². The molecule has 3 aliphatic rings. The van der Waals surface area contributed by atoms with E-state index in [-0.39, 0.29) is 42.3 Å². The van der Waals surface area contributed by atoms with E-state index >= 15 is 0 Å². The van der Waals surface area contributed by atoms with Gasteiger partial charge in [0.1, 0.15) is 11.8 Å². The Morgan fingerprint density at radius 1 is 0.976 bits per heavy atom. The van der Waals surface area contributed by atoms with Gasteiger partial charge in [0.25, 0.3) is 11.8 Å². The predicted octanol–water partition coefficient (Wildman–Crippen LogP) is 2.93. The van der Waals surface area contributed by atoms with E-state index in [4.69, 9.17) is 0 Å². The lowest BCUT2D eigenvalue weighted by molar-refractivity contribution is -0.141. The molecule has 0 spiro atoms. The Morgan fingerprint density at radius 3 is 2.52 bits per heavy atom. The van der Waals surface area contributed by atoms with Crippen LogP contribution in [0.2, 0.25) is 0 Å². The van der Waals surface area contributed by atoms with Gasteiger partial charge in [-0.15, -0.1) is 0 Å². The maximum Gasteiger partial charge on any atom is 0.290 e. The highest BCUT2D eigenvalue weighted by Crippen LogP contribution is 2.43. The number of aromatic nitrogens is 2. The van der Waals surface area contributed by atoms with Crippen LogP contribution >= 0.6 is 0 Å². The zero-order valence-corrected chi connectivity index (χ0v) is 23.4. The van der Waals surface area contributed by atoms with Gasteiger partial charge in [-0.05, 0) is 61.6 Å². The lowest BCUT2D eigenvalue weighted by Gasteiger charge is -2.29. The zero-order chi connectivity index (χ0) is 29.2. The quantitative estimate of drug-likeness (QED) is 0.339. The first-order valence-electron chi connectivity index (χ1n) is 14.8. The number of aromatic amines is 1. The Labute approximate surface area is 243 Å². The van der Waals surface area contributed by atoms with Gasteiger partial charge in [0, 0.05) is 25.4 Å². The van der Waals surface area contributed by atoms with Crippen molar-refractivity contribution < 1.29 is 24.0 Å². The van der Waals surface area contributed by atoms with Gasteiger partial charge in [-0.2, -0.15) is 0 Å². The van der Waals surface area contributed by atoms with Gasteiger partial charge in [-0.1, -0.05) is 48.9 Å². The third-order valence-electron chi connectivity index (χ3n) is 9.12. The van der Waals surface area contributed by atoms with Gasteiger partial charge in [-0.3, -0.25) is 24.0 Å². The van der Waals surface area contributed by atoms with Crippen molar-refractivity contribution in [2.75, 3.05) is 6.54 Å². The highest BCUT2D eigenvalue weighted by atomic mass is 16.2. The molecule has 6 rings (SSSR count). The first-order chi connectivity index (χ1) is 20.4. The number of nitrogens with one attached hydrogen (secondary N) is 3. The third-order valence-corrected chi connectivity index (χ3v) is 9.12. The van der Waals surface area contributed by atoms with Gasteiger partial charge in [0.2, 0.25) is 11.7 Å². The van der Waals surface area contributed by atoms with E-state index in [1.165, 1.54) is 0 Å². The molecule has 5 atom stereocenters. The van der Waals surface area contributed by atoms with Crippen LogP contribution in [0.1, 0.15) is 61.1 Å². The van der Waals surface area contributed by atoms with Crippen LogP contribution in [0, 0.1) is 17.8 Å². The number of carbonyl (C=O) groups is 5. The van der Waals surface area contributed by atoms with Crippen molar-refractivity contribution in [3.05, 3.63) is 66.0 Å². The van der Waals surface area contributed by atoms with E-state index in [1.807, 2.05) is 54.6 Å². The number of H-pyrrole nitrogens is 1. The lowest BCUT2D eigenvalue weighted by Crippen LogP contribution is -2.55. The topological polar surface area (TPSA) is 141 Å². The van der Waals surface area contributed by atoms with Crippen molar-refractivity contribution in [1.82, 2.24) is 25.5 Å². The molecule has 218 valence electrons. The first kappa shape index (κ1) is 27.8. The summed E-state index contributed by atoms with van der Waals surface area (Å²) in [6, 6.07) is 14.6. The molecule has 2 heterocycles. The second kappa shape index (κ2) is 11.9. The van der Waals surface area contributed by atoms with Crippen LogP contribution in [0.15, 0.2) is 54.6 Å². The van der Waals surface area contributed by atoms with Crippen molar-refractivity contribution in [3.8, 4) is 0 Å². The minimum absolute atomic E-state index is 0.0464. The molecule has 3 fully saturated rings. The second-order valence-corrected chi connectivity index (χ2v) is 11.7. The molecule has 10 heteroatoms. The molecular weight excluding hydrogens is 534 g/mol. The molecular formula is C32H35N5O5. The second-order valence-electron chi connectivity index (χ2n) is 11.7. The number of fused-ring (bicyclic) bond motifs is 2. The molecule has 2 aromatic carbocycles. The average molecular weight is 570 g/mol. The predicted molar refractivity (Wildman–Crippen MR) is 154 cm³/mol. The number of hydrogen-bond donors (Lipinski definition) is 3. The lowest BCUT2D eigenvalue weighted by atomic mass is 9.91. The number of benzene rings is 2. The highest BCUT2D eigenvalue weighted by Gasteiger charge is 2.50. The summed E-state index contributed by atoms with van der Waals surface area (Å²) < 4.78 is 0. The SMILES string of the molecule is O=C(NCc1ccccc1)C(=O)[C@H](C[C@@H]1CCCC1=O)NC(=O)[C@@H]1[C@H]2CCC[C@H]2CN1C(=O)c1nc2ccccc2[nH]1. The van der Waals surface area contributed by atoms with E-state index in [9.17, 15) is 24.0 Å². The Morgan fingerprint density at radius 2 is 1.76 bits per heavy atom. The fourth-order valence-corrected chi connectivity index (χ4v) is 6.97. The molecule has 3 N–H and O–H groups in total. The number of ketones is 2. The molecule has 42 heavy (non-hydrogen) atoms. The van der Waals surface area contributed by atoms with Crippen molar-refractivity contribution in [3.63, 3.8) is 0 Å². The molecule has 1 aromatic heterocycles. The van der Waals surface area contributed by atoms with Gasteiger partial charge in [-0.25, -0.2) is 4.98 Å². The smallest absolute Gasteiger partial charge is 0.290 e. The molecule has 10 nitrogen and oxygen atoms in total. The summed E-state index contributed by atoms with van der Waals surface area (Å²) in [4.78, 5) is 75.7. The van der Waals surface area contributed by atoms with E-state index in [0.717, 1.165) is 36.8 Å². The number of Topliss-reactive ketones (excluding diaryl/α,β-unsaturated/α-hetero) is 2. The molecule has 1 aliphatic heterocycles. The van der Waals surface area contributed by atoms with Crippen LogP contribution in [0.5, 0.6) is 0 Å². The zero-order valence-electron chi connectivity index (χ0n) is 23.4. The monoisotopic (exact) mass is 569 g/mol. The summed E-state index contributed by atoms with van der Waals surface area (Å²) in [5, 5.41) is 5.49. The van der Waals surface area contributed by atoms with Gasteiger partial charge in [0.15, 0.2) is 5.82 Å². The minimum atomic E-state index is -1.16. The van der Waals surface area contributed by atoms with Crippen molar-refractivity contribution in [2.45, 2.75) is 63.6 Å². The molecule has 0 unspecified atom stereocenters. The highest BCUT2D eigenvalue weighted by molar-refractivity contribution is 6.38. The largest absolute Gasteiger partial charge is 0.345 e. The maximum absolute atomic E-state index is 14.0. The van der Waals surface area contributed by atoms with Crippen LogP contribution in [0.4, 0.5) is 0 Å². The number of imidazole rings is 1.